The van der Waals surface area contributed by atoms with Crippen LogP contribution in [0.15, 0.2) is 33.5 Å². The van der Waals surface area contributed by atoms with E-state index in [9.17, 15) is 14.3 Å². The molecule has 132 valence electrons. The average molecular weight is 358 g/mol. The first-order valence-corrected chi connectivity index (χ1v) is 7.70. The Hall–Kier alpha value is -1.67. The third kappa shape index (κ3) is 4.67. The van der Waals surface area contributed by atoms with Crippen molar-refractivity contribution >= 4 is 29.1 Å². The van der Waals surface area contributed by atoms with Gasteiger partial charge in [0.05, 0.1) is 11.8 Å². The van der Waals surface area contributed by atoms with Crippen LogP contribution in [0.4, 0.5) is 10.1 Å². The molecule has 1 aromatic carbocycles. The van der Waals surface area contributed by atoms with Crippen molar-refractivity contribution in [2.45, 2.75) is 6.10 Å². The molecule has 1 aromatic heterocycles. The summed E-state index contributed by atoms with van der Waals surface area (Å²) in [5.74, 6) is -0.407. The SMILES string of the molecule is Cl.O=c1cc(NCC(O)CN2CCNCC2)c2cc(F)ccc2o1. The van der Waals surface area contributed by atoms with Gasteiger partial charge in [0.15, 0.2) is 0 Å². The summed E-state index contributed by atoms with van der Waals surface area (Å²) >= 11 is 0. The van der Waals surface area contributed by atoms with Gasteiger partial charge in [0.1, 0.15) is 11.4 Å². The van der Waals surface area contributed by atoms with Crippen LogP contribution in [0.25, 0.3) is 11.0 Å². The topological polar surface area (TPSA) is 77.7 Å². The third-order valence-electron chi connectivity index (χ3n) is 3.91. The van der Waals surface area contributed by atoms with E-state index in [2.05, 4.69) is 15.5 Å². The smallest absolute Gasteiger partial charge is 0.338 e. The van der Waals surface area contributed by atoms with Gasteiger partial charge in [-0.3, -0.25) is 4.90 Å². The van der Waals surface area contributed by atoms with Crippen molar-refractivity contribution in [3.63, 3.8) is 0 Å². The number of aliphatic hydroxyl groups is 1. The van der Waals surface area contributed by atoms with Crippen LogP contribution in [-0.4, -0.2) is 55.4 Å². The van der Waals surface area contributed by atoms with Crippen LogP contribution >= 0.6 is 12.4 Å². The second-order valence-corrected chi connectivity index (χ2v) is 5.70. The zero-order valence-electron chi connectivity index (χ0n) is 13.1. The molecule has 3 rings (SSSR count). The highest BCUT2D eigenvalue weighted by molar-refractivity contribution is 5.89. The second-order valence-electron chi connectivity index (χ2n) is 5.70. The second kappa shape index (κ2) is 8.43. The number of hydrogen-bond donors (Lipinski definition) is 3. The molecule has 1 unspecified atom stereocenters. The summed E-state index contributed by atoms with van der Waals surface area (Å²) in [7, 11) is 0. The highest BCUT2D eigenvalue weighted by atomic mass is 35.5. The number of aliphatic hydroxyl groups excluding tert-OH is 1. The summed E-state index contributed by atoms with van der Waals surface area (Å²) in [6.45, 7) is 4.48. The van der Waals surface area contributed by atoms with E-state index in [1.165, 1.54) is 24.3 Å². The molecule has 0 spiro atoms. The molecule has 0 aliphatic carbocycles. The summed E-state index contributed by atoms with van der Waals surface area (Å²) in [4.78, 5) is 13.8. The Morgan fingerprint density at radius 1 is 1.33 bits per heavy atom. The minimum atomic E-state index is -0.580. The van der Waals surface area contributed by atoms with E-state index < -0.39 is 17.5 Å². The maximum Gasteiger partial charge on any atom is 0.338 e. The molecule has 2 heterocycles. The Labute approximate surface area is 145 Å². The van der Waals surface area contributed by atoms with Gasteiger partial charge in [0.25, 0.3) is 0 Å². The van der Waals surface area contributed by atoms with Gasteiger partial charge in [0.2, 0.25) is 0 Å². The first-order chi connectivity index (χ1) is 11.1. The standard InChI is InChI=1S/C16H20FN3O3.ClH/c17-11-1-2-15-13(7-11)14(8-16(22)23-15)19-9-12(21)10-20-5-3-18-4-6-20;/h1-2,7-8,12,18-19,21H,3-6,9-10H2;1H. The van der Waals surface area contributed by atoms with E-state index in [4.69, 9.17) is 4.42 Å². The number of benzene rings is 1. The molecule has 8 heteroatoms. The molecule has 1 fully saturated rings. The number of anilines is 1. The maximum atomic E-state index is 13.4. The monoisotopic (exact) mass is 357 g/mol. The van der Waals surface area contributed by atoms with Crippen LogP contribution in [-0.2, 0) is 0 Å². The Kier molecular flexibility index (Phi) is 6.56. The van der Waals surface area contributed by atoms with Gasteiger partial charge in [-0.25, -0.2) is 9.18 Å². The van der Waals surface area contributed by atoms with Crippen molar-refractivity contribution in [2.75, 3.05) is 44.6 Å². The lowest BCUT2D eigenvalue weighted by Crippen LogP contribution is -2.47. The van der Waals surface area contributed by atoms with Crippen molar-refractivity contribution in [3.8, 4) is 0 Å². The molecular weight excluding hydrogens is 337 g/mol. The fourth-order valence-electron chi connectivity index (χ4n) is 2.77. The van der Waals surface area contributed by atoms with Crippen LogP contribution < -0.4 is 16.3 Å². The highest BCUT2D eigenvalue weighted by Gasteiger charge is 2.15. The quantitative estimate of drug-likeness (QED) is 0.694. The Morgan fingerprint density at radius 2 is 2.08 bits per heavy atom. The number of hydrogen-bond acceptors (Lipinski definition) is 6. The van der Waals surface area contributed by atoms with Gasteiger partial charge < -0.3 is 20.2 Å². The summed E-state index contributed by atoms with van der Waals surface area (Å²) < 4.78 is 18.5. The number of fused-ring (bicyclic) bond motifs is 1. The van der Waals surface area contributed by atoms with Gasteiger partial charge >= 0.3 is 5.63 Å². The van der Waals surface area contributed by atoms with E-state index in [0.717, 1.165) is 26.2 Å². The van der Waals surface area contributed by atoms with Crippen LogP contribution in [0.1, 0.15) is 0 Å². The normalized spacial score (nSPS) is 16.6. The predicted molar refractivity (Wildman–Crippen MR) is 93.5 cm³/mol. The predicted octanol–water partition coefficient (Wildman–Crippen LogP) is 1.03. The molecule has 24 heavy (non-hydrogen) atoms. The van der Waals surface area contributed by atoms with Crippen molar-refractivity contribution in [1.29, 1.82) is 0 Å². The fraction of sp³-hybridized carbons (Fsp3) is 0.438. The number of halogens is 2. The molecule has 0 bridgehead atoms. The number of nitrogens with one attached hydrogen (secondary N) is 2. The minimum Gasteiger partial charge on any atom is -0.423 e. The Balaban J connectivity index is 0.00000208. The molecule has 1 saturated heterocycles. The largest absolute Gasteiger partial charge is 0.423 e. The number of rotatable bonds is 5. The van der Waals surface area contributed by atoms with Crippen LogP contribution in [0.3, 0.4) is 0 Å². The summed E-state index contributed by atoms with van der Waals surface area (Å²) in [6, 6.07) is 5.26. The van der Waals surface area contributed by atoms with Gasteiger partial charge in [-0.2, -0.15) is 0 Å². The van der Waals surface area contributed by atoms with Crippen molar-refractivity contribution in [1.82, 2.24) is 10.2 Å². The first kappa shape index (κ1) is 18.7. The van der Waals surface area contributed by atoms with Gasteiger partial charge in [-0.05, 0) is 18.2 Å². The molecule has 6 nitrogen and oxygen atoms in total. The summed E-state index contributed by atoms with van der Waals surface area (Å²) in [6.07, 6.45) is -0.580. The van der Waals surface area contributed by atoms with E-state index in [1.807, 2.05) is 0 Å². The fourth-order valence-corrected chi connectivity index (χ4v) is 2.77. The van der Waals surface area contributed by atoms with E-state index in [-0.39, 0.29) is 19.0 Å². The molecule has 1 aliphatic rings. The zero-order chi connectivity index (χ0) is 16.2. The number of β-amino-alcohol motifs (C(OH)–C–C–N with tert-alkyl or cyclic N) is 1. The molecule has 0 amide bonds. The lowest BCUT2D eigenvalue weighted by molar-refractivity contribution is 0.114. The molecule has 3 N–H and O–H groups in total. The minimum absolute atomic E-state index is 0. The molecule has 1 aliphatic heterocycles. The Morgan fingerprint density at radius 3 is 2.83 bits per heavy atom. The first-order valence-electron chi connectivity index (χ1n) is 7.70. The third-order valence-corrected chi connectivity index (χ3v) is 3.91. The maximum absolute atomic E-state index is 13.4. The van der Waals surface area contributed by atoms with Gasteiger partial charge in [0, 0.05) is 50.7 Å². The molecule has 0 radical (unpaired) electrons. The van der Waals surface area contributed by atoms with Crippen molar-refractivity contribution < 1.29 is 13.9 Å². The van der Waals surface area contributed by atoms with E-state index in [1.54, 1.807) is 0 Å². The average Bonchev–Trinajstić information content (AvgIpc) is 2.54. The summed E-state index contributed by atoms with van der Waals surface area (Å²) in [5.41, 5.74) is 0.274. The molecular formula is C16H21ClFN3O3. The van der Waals surface area contributed by atoms with Gasteiger partial charge in [-0.1, -0.05) is 0 Å². The molecule has 1 atom stereocenters. The molecule has 0 saturated carbocycles. The van der Waals surface area contributed by atoms with Crippen molar-refractivity contribution in [3.05, 3.63) is 40.5 Å². The van der Waals surface area contributed by atoms with Gasteiger partial charge in [-0.15, -0.1) is 12.4 Å². The highest BCUT2D eigenvalue weighted by Crippen LogP contribution is 2.22. The molecule has 2 aromatic rings. The lowest BCUT2D eigenvalue weighted by atomic mass is 10.2. The van der Waals surface area contributed by atoms with E-state index in [0.29, 0.717) is 23.2 Å². The lowest BCUT2D eigenvalue weighted by Gasteiger charge is -2.29. The number of piperazine rings is 1. The van der Waals surface area contributed by atoms with Crippen LogP contribution in [0.2, 0.25) is 0 Å². The zero-order valence-corrected chi connectivity index (χ0v) is 13.9. The summed E-state index contributed by atoms with van der Waals surface area (Å²) in [5, 5.41) is 16.9. The number of nitrogens with zero attached hydrogens (tertiary/aromatic N) is 1. The van der Waals surface area contributed by atoms with Crippen LogP contribution in [0, 0.1) is 5.82 Å². The van der Waals surface area contributed by atoms with Crippen molar-refractivity contribution in [2.24, 2.45) is 0 Å². The van der Waals surface area contributed by atoms with E-state index >= 15 is 0 Å². The Bertz CT molecular complexity index is 734. The van der Waals surface area contributed by atoms with Crippen LogP contribution in [0.5, 0.6) is 0 Å².